The smallest absolute Gasteiger partial charge is 0.317 e. The van der Waals surface area contributed by atoms with Gasteiger partial charge in [-0.15, -0.1) is 0 Å². The molecule has 0 amide bonds. The molecule has 1 unspecified atom stereocenters. The predicted octanol–water partition coefficient (Wildman–Crippen LogP) is 0.708. The highest BCUT2D eigenvalue weighted by Crippen LogP contribution is 2.69. The first-order chi connectivity index (χ1) is 8.20. The summed E-state index contributed by atoms with van der Waals surface area (Å²) in [6.07, 6.45) is 4.73. The van der Waals surface area contributed by atoms with Crippen LogP contribution in [0, 0.1) is 23.2 Å². The molecule has 2 saturated carbocycles. The molecule has 6 atom stereocenters. The second-order valence-corrected chi connectivity index (χ2v) is 5.44. The fourth-order valence-electron chi connectivity index (χ4n) is 4.34. The van der Waals surface area contributed by atoms with E-state index in [4.69, 9.17) is 9.47 Å². The van der Waals surface area contributed by atoms with Crippen LogP contribution in [0.25, 0.3) is 0 Å². The minimum atomic E-state index is -0.699. The normalized spacial score (nSPS) is 52.5. The van der Waals surface area contributed by atoms with Gasteiger partial charge in [0.2, 0.25) is 0 Å². The van der Waals surface area contributed by atoms with Gasteiger partial charge in [-0.05, 0) is 25.3 Å². The Kier molecular flexibility index (Phi) is 1.62. The second kappa shape index (κ2) is 2.80. The van der Waals surface area contributed by atoms with Crippen LogP contribution in [0.3, 0.4) is 0 Å². The summed E-state index contributed by atoms with van der Waals surface area (Å²) < 4.78 is 10.8. The molecule has 4 rings (SSSR count). The third kappa shape index (κ3) is 0.910. The fourth-order valence-corrected chi connectivity index (χ4v) is 4.34. The van der Waals surface area contributed by atoms with Crippen molar-refractivity contribution in [2.45, 2.75) is 25.6 Å². The molecule has 0 aromatic carbocycles. The first kappa shape index (κ1) is 9.83. The molecule has 3 fully saturated rings. The highest BCUT2D eigenvalue weighted by molar-refractivity contribution is 6.03. The van der Waals surface area contributed by atoms with E-state index in [0.717, 1.165) is 6.42 Å². The van der Waals surface area contributed by atoms with Crippen LogP contribution in [0.1, 0.15) is 13.3 Å². The van der Waals surface area contributed by atoms with E-state index in [1.165, 1.54) is 0 Å². The molecule has 17 heavy (non-hydrogen) atoms. The van der Waals surface area contributed by atoms with Gasteiger partial charge in [-0.25, -0.2) is 0 Å². The number of fused-ring (bicyclic) bond motifs is 8. The van der Waals surface area contributed by atoms with Gasteiger partial charge in [0, 0.05) is 11.8 Å². The number of carbonyl (C=O) groups excluding carboxylic acids is 2. The van der Waals surface area contributed by atoms with Crippen LogP contribution in [0.5, 0.6) is 0 Å². The average Bonchev–Trinajstić information content (AvgIpc) is 2.76. The summed E-state index contributed by atoms with van der Waals surface area (Å²) in [4.78, 5) is 24.2. The van der Waals surface area contributed by atoms with Gasteiger partial charge >= 0.3 is 5.97 Å². The molecule has 1 saturated heterocycles. The zero-order chi connectivity index (χ0) is 11.8. The maximum Gasteiger partial charge on any atom is 0.317 e. The van der Waals surface area contributed by atoms with Gasteiger partial charge in [0.15, 0.2) is 5.78 Å². The third-order valence-electron chi connectivity index (χ3n) is 4.92. The first-order valence-electron chi connectivity index (χ1n) is 6.26. The van der Waals surface area contributed by atoms with Gasteiger partial charge in [-0.3, -0.25) is 9.59 Å². The van der Waals surface area contributed by atoms with Crippen LogP contribution >= 0.6 is 0 Å². The van der Waals surface area contributed by atoms with Crippen molar-refractivity contribution in [1.82, 2.24) is 0 Å². The van der Waals surface area contributed by atoms with E-state index >= 15 is 0 Å². The highest BCUT2D eigenvalue weighted by atomic mass is 16.6. The molecule has 0 aromatic rings. The standard InChI is InChI=1S/C13H14O4/c1-2-16-12(15)13-4-3-8(14)9(13)6-5-7(13)11-10(6)17-11/h3-4,6-7,9-11H,2,5H2,1H3/t6-,7-,9+,10?,11+,13-/m1/s1. The van der Waals surface area contributed by atoms with E-state index < -0.39 is 5.41 Å². The molecule has 0 N–H and O–H groups in total. The first-order valence-corrected chi connectivity index (χ1v) is 6.26. The van der Waals surface area contributed by atoms with Crippen LogP contribution in [0.4, 0.5) is 0 Å². The van der Waals surface area contributed by atoms with Gasteiger partial charge in [-0.1, -0.05) is 6.08 Å². The Balaban J connectivity index is 1.79. The number of hydrogen-bond acceptors (Lipinski definition) is 4. The summed E-state index contributed by atoms with van der Waals surface area (Å²) in [7, 11) is 0. The van der Waals surface area contributed by atoms with Crippen molar-refractivity contribution in [3.8, 4) is 0 Å². The van der Waals surface area contributed by atoms with Gasteiger partial charge in [0.05, 0.1) is 18.8 Å². The minimum Gasteiger partial charge on any atom is -0.465 e. The highest BCUT2D eigenvalue weighted by Gasteiger charge is 2.77. The lowest BCUT2D eigenvalue weighted by Gasteiger charge is -2.33. The van der Waals surface area contributed by atoms with Gasteiger partial charge in [-0.2, -0.15) is 0 Å². The van der Waals surface area contributed by atoms with Crippen molar-refractivity contribution < 1.29 is 19.1 Å². The molecular weight excluding hydrogens is 220 g/mol. The van der Waals surface area contributed by atoms with E-state index in [1.54, 1.807) is 19.1 Å². The van der Waals surface area contributed by atoms with Crippen LogP contribution in [-0.2, 0) is 19.1 Å². The summed E-state index contributed by atoms with van der Waals surface area (Å²) in [6.45, 7) is 2.16. The SMILES string of the molecule is CCOC(=O)[C@@]12C=CC(=O)[C@@H]1[C@H]1C[C@@H]2[C@@H]2OC21. The molecule has 4 nitrogen and oxygen atoms in total. The minimum absolute atomic E-state index is 0.0829. The molecule has 0 spiro atoms. The van der Waals surface area contributed by atoms with Crippen molar-refractivity contribution in [2.75, 3.05) is 6.61 Å². The molecule has 4 heteroatoms. The van der Waals surface area contributed by atoms with E-state index in [0.29, 0.717) is 6.61 Å². The maximum absolute atomic E-state index is 12.3. The number of hydrogen-bond donors (Lipinski definition) is 0. The van der Waals surface area contributed by atoms with E-state index in [9.17, 15) is 9.59 Å². The number of ether oxygens (including phenoxy) is 2. The van der Waals surface area contributed by atoms with Crippen LogP contribution in [0.15, 0.2) is 12.2 Å². The fraction of sp³-hybridized carbons (Fsp3) is 0.692. The van der Waals surface area contributed by atoms with Crippen molar-refractivity contribution in [2.24, 2.45) is 23.2 Å². The summed E-state index contributed by atoms with van der Waals surface area (Å²) >= 11 is 0. The summed E-state index contributed by atoms with van der Waals surface area (Å²) in [5.41, 5.74) is -0.699. The molecule has 3 aliphatic carbocycles. The Bertz CT molecular complexity index is 454. The number of ketones is 1. The average molecular weight is 234 g/mol. The molecule has 0 radical (unpaired) electrons. The van der Waals surface area contributed by atoms with Gasteiger partial charge in [0.25, 0.3) is 0 Å². The van der Waals surface area contributed by atoms with Crippen molar-refractivity contribution >= 4 is 11.8 Å². The Hall–Kier alpha value is -1.16. The largest absolute Gasteiger partial charge is 0.465 e. The Labute approximate surface area is 99.0 Å². The van der Waals surface area contributed by atoms with Crippen molar-refractivity contribution in [1.29, 1.82) is 0 Å². The predicted molar refractivity (Wildman–Crippen MR) is 57.0 cm³/mol. The molecule has 0 aromatic heterocycles. The quantitative estimate of drug-likeness (QED) is 0.521. The number of esters is 1. The van der Waals surface area contributed by atoms with Crippen molar-refractivity contribution in [3.63, 3.8) is 0 Å². The Morgan fingerprint density at radius 1 is 1.59 bits per heavy atom. The molecule has 2 bridgehead atoms. The topological polar surface area (TPSA) is 55.9 Å². The second-order valence-electron chi connectivity index (χ2n) is 5.44. The van der Waals surface area contributed by atoms with E-state index in [2.05, 4.69) is 0 Å². The van der Waals surface area contributed by atoms with Crippen LogP contribution in [0.2, 0.25) is 0 Å². The van der Waals surface area contributed by atoms with E-state index in [1.807, 2.05) is 0 Å². The van der Waals surface area contributed by atoms with Crippen LogP contribution < -0.4 is 0 Å². The lowest BCUT2D eigenvalue weighted by molar-refractivity contribution is -0.159. The molecule has 90 valence electrons. The maximum atomic E-state index is 12.3. The lowest BCUT2D eigenvalue weighted by atomic mass is 9.68. The number of epoxide rings is 1. The molecule has 1 heterocycles. The molecule has 1 aliphatic heterocycles. The number of rotatable bonds is 2. The van der Waals surface area contributed by atoms with Gasteiger partial charge in [0.1, 0.15) is 5.41 Å². The molecule has 4 aliphatic rings. The molecular formula is C13H14O4. The summed E-state index contributed by atoms with van der Waals surface area (Å²) in [5, 5.41) is 0. The number of allylic oxidation sites excluding steroid dienone is 1. The number of carbonyl (C=O) groups is 2. The lowest BCUT2D eigenvalue weighted by Crippen LogP contribution is -2.45. The third-order valence-corrected chi connectivity index (χ3v) is 4.92. The zero-order valence-corrected chi connectivity index (χ0v) is 9.59. The summed E-state index contributed by atoms with van der Waals surface area (Å²) in [5.74, 6) is 0.0320. The van der Waals surface area contributed by atoms with Crippen molar-refractivity contribution in [3.05, 3.63) is 12.2 Å². The summed E-state index contributed by atoms with van der Waals surface area (Å²) in [6, 6.07) is 0. The monoisotopic (exact) mass is 234 g/mol. The van der Waals surface area contributed by atoms with Gasteiger partial charge < -0.3 is 9.47 Å². The van der Waals surface area contributed by atoms with E-state index in [-0.39, 0.29) is 41.7 Å². The Morgan fingerprint density at radius 3 is 3.18 bits per heavy atom. The Morgan fingerprint density at radius 2 is 2.41 bits per heavy atom. The van der Waals surface area contributed by atoms with Crippen LogP contribution in [-0.4, -0.2) is 30.6 Å². The zero-order valence-electron chi connectivity index (χ0n) is 9.59.